The van der Waals surface area contributed by atoms with E-state index >= 15 is 0 Å². The van der Waals surface area contributed by atoms with Crippen molar-refractivity contribution in [3.05, 3.63) is 117 Å². The second-order valence-electron chi connectivity index (χ2n) is 13.8. The standard InChI is InChI=1S/C44H32N2S9/c1-21-17-25(5)47-41(21)33-13-9-29(49-33)31-11-15-35(51-31)43-23(3)19-37(53-43)27-7-8-28(40-39(27)45-55-46-40)38-20-24(4)44(54-38)36-16-12-32(52-36)30-10-14-34(50-30)42-22(2)18-26(6)48-42/h7-20H,1-6H3. The van der Waals surface area contributed by atoms with E-state index in [1.54, 1.807) is 0 Å². The van der Waals surface area contributed by atoms with Gasteiger partial charge in [-0.3, -0.25) is 0 Å². The summed E-state index contributed by atoms with van der Waals surface area (Å²) in [5, 5.41) is 0. The summed E-state index contributed by atoms with van der Waals surface area (Å²) in [5.41, 5.74) is 9.64. The van der Waals surface area contributed by atoms with Crippen LogP contribution in [0.2, 0.25) is 0 Å². The molecule has 0 saturated heterocycles. The zero-order valence-electron chi connectivity index (χ0n) is 30.7. The Bertz CT molecular complexity index is 2820. The Hall–Kier alpha value is -3.36. The van der Waals surface area contributed by atoms with E-state index in [-0.39, 0.29) is 0 Å². The molecular formula is C44H32N2S9. The van der Waals surface area contributed by atoms with Crippen LogP contribution in [0.3, 0.4) is 0 Å². The van der Waals surface area contributed by atoms with E-state index < -0.39 is 0 Å². The first-order chi connectivity index (χ1) is 26.7. The lowest BCUT2D eigenvalue weighted by Gasteiger charge is -2.03. The number of thiophene rings is 8. The van der Waals surface area contributed by atoms with Gasteiger partial charge in [0.2, 0.25) is 0 Å². The Balaban J connectivity index is 0.920. The van der Waals surface area contributed by atoms with Gasteiger partial charge in [-0.2, -0.15) is 8.75 Å². The van der Waals surface area contributed by atoms with Crippen LogP contribution in [0.1, 0.15) is 32.0 Å². The largest absolute Gasteiger partial charge is 0.172 e. The topological polar surface area (TPSA) is 25.8 Å². The van der Waals surface area contributed by atoms with Crippen LogP contribution in [0.15, 0.2) is 84.9 Å². The van der Waals surface area contributed by atoms with Crippen LogP contribution in [0, 0.1) is 41.5 Å². The average Bonchev–Trinajstić information content (AvgIpc) is 3.98. The van der Waals surface area contributed by atoms with Crippen molar-refractivity contribution in [2.45, 2.75) is 41.5 Å². The summed E-state index contributed by atoms with van der Waals surface area (Å²) < 4.78 is 9.75. The van der Waals surface area contributed by atoms with Gasteiger partial charge in [-0.05, 0) is 137 Å². The van der Waals surface area contributed by atoms with Gasteiger partial charge < -0.3 is 0 Å². The maximum atomic E-state index is 4.88. The van der Waals surface area contributed by atoms with E-state index in [2.05, 4.69) is 126 Å². The zero-order valence-corrected chi connectivity index (χ0v) is 38.0. The number of rotatable bonds is 8. The quantitative estimate of drug-likeness (QED) is 0.152. The molecule has 11 heteroatoms. The van der Waals surface area contributed by atoms with Crippen LogP contribution in [-0.4, -0.2) is 8.75 Å². The Morgan fingerprint density at radius 3 is 0.945 bits per heavy atom. The number of benzene rings is 1. The van der Waals surface area contributed by atoms with Crippen LogP contribution in [0.4, 0.5) is 0 Å². The fourth-order valence-electron chi connectivity index (χ4n) is 7.12. The summed E-state index contributed by atoms with van der Waals surface area (Å²) in [6.07, 6.45) is 0. The molecule has 0 aliphatic carbocycles. The van der Waals surface area contributed by atoms with Crippen molar-refractivity contribution in [1.82, 2.24) is 8.75 Å². The number of aromatic nitrogens is 2. The van der Waals surface area contributed by atoms with Gasteiger partial charge in [0.1, 0.15) is 11.0 Å². The highest BCUT2D eigenvalue weighted by Gasteiger charge is 2.21. The Kier molecular flexibility index (Phi) is 9.32. The Labute approximate surface area is 356 Å². The lowest BCUT2D eigenvalue weighted by Crippen LogP contribution is -1.82. The summed E-state index contributed by atoms with van der Waals surface area (Å²) in [6.45, 7) is 13.3. The van der Waals surface area contributed by atoms with Crippen molar-refractivity contribution in [3.63, 3.8) is 0 Å². The van der Waals surface area contributed by atoms with Crippen molar-refractivity contribution in [3.8, 4) is 79.4 Å². The molecule has 0 fully saturated rings. The lowest BCUT2D eigenvalue weighted by molar-refractivity contribution is 1.51. The van der Waals surface area contributed by atoms with Gasteiger partial charge in [0.15, 0.2) is 0 Å². The van der Waals surface area contributed by atoms with E-state index in [4.69, 9.17) is 8.75 Å². The second-order valence-corrected chi connectivity index (χ2v) is 23.2. The third kappa shape index (κ3) is 6.51. The molecule has 0 aliphatic heterocycles. The molecule has 0 unspecified atom stereocenters. The number of fused-ring (bicyclic) bond motifs is 1. The third-order valence-electron chi connectivity index (χ3n) is 9.67. The average molecular weight is 877 g/mol. The molecule has 0 aliphatic rings. The first-order valence-electron chi connectivity index (χ1n) is 17.7. The van der Waals surface area contributed by atoms with Gasteiger partial charge in [-0.25, -0.2) is 0 Å². The molecule has 0 saturated carbocycles. The van der Waals surface area contributed by atoms with Gasteiger partial charge in [0, 0.05) is 89.2 Å². The predicted octanol–water partition coefficient (Wildman–Crippen LogP) is 17.4. The third-order valence-corrected chi connectivity index (χ3v) is 20.5. The summed E-state index contributed by atoms with van der Waals surface area (Å²) >= 11 is 16.4. The monoisotopic (exact) mass is 876 g/mol. The van der Waals surface area contributed by atoms with Crippen molar-refractivity contribution >= 4 is 113 Å². The van der Waals surface area contributed by atoms with Crippen LogP contribution in [0.25, 0.3) is 90.4 Å². The molecule has 2 nitrogen and oxygen atoms in total. The first kappa shape index (κ1) is 36.0. The highest BCUT2D eigenvalue weighted by atomic mass is 32.1. The highest BCUT2D eigenvalue weighted by molar-refractivity contribution is 7.30. The summed E-state index contributed by atoms with van der Waals surface area (Å²) in [7, 11) is 0. The van der Waals surface area contributed by atoms with Crippen molar-refractivity contribution in [2.24, 2.45) is 0 Å². The molecule has 10 rings (SSSR count). The molecule has 0 atom stereocenters. The molecule has 0 N–H and O–H groups in total. The maximum absolute atomic E-state index is 4.88. The number of aryl methyl sites for hydroxylation is 6. The van der Waals surface area contributed by atoms with Crippen molar-refractivity contribution in [1.29, 1.82) is 0 Å². The maximum Gasteiger partial charge on any atom is 0.114 e. The molecular weight excluding hydrogens is 845 g/mol. The van der Waals surface area contributed by atoms with Gasteiger partial charge in [-0.15, -0.1) is 90.7 Å². The SMILES string of the molecule is Cc1cc(C)c(-c2ccc(-c3ccc(-c4sc(-c5ccc(-c6cc(C)c(-c7ccc(-c8ccc(-c9sc(C)cc9C)s8)s7)s6)c6nsnc56)cc4C)s3)s2)s1. The van der Waals surface area contributed by atoms with Crippen LogP contribution < -0.4 is 0 Å². The minimum atomic E-state index is 0.989. The fourth-order valence-corrected chi connectivity index (χ4v) is 17.1. The Morgan fingerprint density at radius 2 is 0.618 bits per heavy atom. The van der Waals surface area contributed by atoms with Gasteiger partial charge in [-0.1, -0.05) is 12.1 Å². The van der Waals surface area contributed by atoms with Gasteiger partial charge >= 0.3 is 0 Å². The van der Waals surface area contributed by atoms with Crippen LogP contribution >= 0.6 is 102 Å². The molecule has 9 aromatic heterocycles. The smallest absolute Gasteiger partial charge is 0.114 e. The minimum absolute atomic E-state index is 0.989. The van der Waals surface area contributed by atoms with Gasteiger partial charge in [0.25, 0.3) is 0 Å². The number of hydrogen-bond acceptors (Lipinski definition) is 11. The van der Waals surface area contributed by atoms with Gasteiger partial charge in [0.05, 0.1) is 11.7 Å². The van der Waals surface area contributed by atoms with E-state index in [9.17, 15) is 0 Å². The van der Waals surface area contributed by atoms with Crippen molar-refractivity contribution < 1.29 is 0 Å². The zero-order chi connectivity index (χ0) is 37.5. The molecule has 0 spiro atoms. The number of hydrogen-bond donors (Lipinski definition) is 0. The molecule has 0 radical (unpaired) electrons. The molecule has 1 aromatic carbocycles. The molecule has 0 amide bonds. The number of nitrogens with zero attached hydrogens (tertiary/aromatic N) is 2. The molecule has 272 valence electrons. The van der Waals surface area contributed by atoms with Crippen LogP contribution in [0.5, 0.6) is 0 Å². The molecule has 10 aromatic rings. The Morgan fingerprint density at radius 1 is 0.309 bits per heavy atom. The second kappa shape index (κ2) is 14.2. The van der Waals surface area contributed by atoms with E-state index in [1.165, 1.54) is 112 Å². The lowest BCUT2D eigenvalue weighted by atomic mass is 10.0. The van der Waals surface area contributed by atoms with E-state index in [0.717, 1.165) is 22.2 Å². The molecule has 55 heavy (non-hydrogen) atoms. The van der Waals surface area contributed by atoms with Crippen LogP contribution in [-0.2, 0) is 0 Å². The summed E-state index contributed by atoms with van der Waals surface area (Å²) in [4.78, 5) is 21.3. The summed E-state index contributed by atoms with van der Waals surface area (Å²) in [5.74, 6) is 0. The van der Waals surface area contributed by atoms with E-state index in [0.29, 0.717) is 0 Å². The highest BCUT2D eigenvalue weighted by Crippen LogP contribution is 2.49. The molecule has 9 heterocycles. The molecule has 0 bridgehead atoms. The predicted molar refractivity (Wildman–Crippen MR) is 252 cm³/mol. The van der Waals surface area contributed by atoms with E-state index in [1.807, 2.05) is 90.7 Å². The summed E-state index contributed by atoms with van der Waals surface area (Å²) in [6, 6.07) is 32.1. The normalized spacial score (nSPS) is 11.8. The first-order valence-corrected chi connectivity index (χ1v) is 25.0. The van der Waals surface area contributed by atoms with Crippen molar-refractivity contribution in [2.75, 3.05) is 0 Å². The minimum Gasteiger partial charge on any atom is -0.172 e. The fraction of sp³-hybridized carbons (Fsp3) is 0.136.